The van der Waals surface area contributed by atoms with Gasteiger partial charge in [-0.05, 0) is 30.4 Å². The number of aromatic nitrogens is 2. The van der Waals surface area contributed by atoms with Gasteiger partial charge in [-0.15, -0.1) is 0 Å². The maximum absolute atomic E-state index is 13.9. The highest BCUT2D eigenvalue weighted by Gasteiger charge is 2.34. The Morgan fingerprint density at radius 2 is 2.00 bits per heavy atom. The van der Waals surface area contributed by atoms with E-state index < -0.39 is 11.5 Å². The molecule has 1 aliphatic rings. The Balaban J connectivity index is 1.94. The molecule has 0 spiro atoms. The third kappa shape index (κ3) is 3.35. The van der Waals surface area contributed by atoms with Crippen LogP contribution < -0.4 is 10.1 Å². The maximum Gasteiger partial charge on any atom is 0.225 e. The van der Waals surface area contributed by atoms with Gasteiger partial charge in [0.15, 0.2) is 11.6 Å². The number of benzene rings is 1. The largest absolute Gasteiger partial charge is 0.461 e. The van der Waals surface area contributed by atoms with Gasteiger partial charge in [-0.3, -0.25) is 0 Å². The molecular weight excluding hydrogens is 295 g/mol. The summed E-state index contributed by atoms with van der Waals surface area (Å²) in [5, 5.41) is 12.2. The van der Waals surface area contributed by atoms with Crippen LogP contribution in [-0.2, 0) is 0 Å². The third-order valence-electron chi connectivity index (χ3n) is 3.28. The normalized spacial score (nSPS) is 19.6. The van der Waals surface area contributed by atoms with Crippen LogP contribution in [-0.4, -0.2) is 15.7 Å². The van der Waals surface area contributed by atoms with Gasteiger partial charge in [-0.25, -0.2) is 14.4 Å². The highest BCUT2D eigenvalue weighted by atomic mass is 19.1. The summed E-state index contributed by atoms with van der Waals surface area (Å²) in [5.74, 6) is -0.0726. The van der Waals surface area contributed by atoms with Crippen molar-refractivity contribution in [3.8, 4) is 11.8 Å². The zero-order valence-electron chi connectivity index (χ0n) is 12.1. The van der Waals surface area contributed by atoms with Gasteiger partial charge < -0.3 is 10.1 Å². The van der Waals surface area contributed by atoms with Gasteiger partial charge >= 0.3 is 0 Å². The molecule has 1 aromatic carbocycles. The Labute approximate surface area is 132 Å². The monoisotopic (exact) mass is 308 g/mol. The minimum atomic E-state index is -1.14. The Hall–Kier alpha value is -3.20. The van der Waals surface area contributed by atoms with E-state index in [4.69, 9.17) is 10.00 Å². The van der Waals surface area contributed by atoms with Gasteiger partial charge in [0.05, 0.1) is 6.07 Å². The molecular formula is C17H13FN4O. The number of hydrogen-bond acceptors (Lipinski definition) is 5. The van der Waals surface area contributed by atoms with Crippen molar-refractivity contribution in [1.29, 1.82) is 5.26 Å². The van der Waals surface area contributed by atoms with E-state index in [-0.39, 0.29) is 12.2 Å². The molecule has 0 saturated heterocycles. The highest BCUT2D eigenvalue weighted by Crippen LogP contribution is 2.30. The number of halogens is 1. The first-order valence-electron chi connectivity index (χ1n) is 6.98. The molecule has 114 valence electrons. The van der Waals surface area contributed by atoms with Crippen molar-refractivity contribution in [2.45, 2.75) is 12.1 Å². The van der Waals surface area contributed by atoms with Crippen LogP contribution in [0.5, 0.6) is 5.75 Å². The minimum absolute atomic E-state index is 0.0831. The van der Waals surface area contributed by atoms with Crippen molar-refractivity contribution in [2.75, 3.05) is 5.32 Å². The highest BCUT2D eigenvalue weighted by molar-refractivity contribution is 5.42. The number of nitrogens with one attached hydrogen (secondary N) is 1. The average Bonchev–Trinajstić information content (AvgIpc) is 2.58. The van der Waals surface area contributed by atoms with E-state index in [9.17, 15) is 4.39 Å². The molecule has 1 aliphatic carbocycles. The average molecular weight is 308 g/mol. The number of nitrogens with zero attached hydrogens (tertiary/aromatic N) is 3. The number of para-hydroxylation sites is 1. The van der Waals surface area contributed by atoms with E-state index in [1.54, 1.807) is 48.8 Å². The van der Waals surface area contributed by atoms with E-state index >= 15 is 0 Å². The maximum atomic E-state index is 13.9. The van der Waals surface area contributed by atoms with Crippen LogP contribution in [0.4, 0.5) is 10.3 Å². The summed E-state index contributed by atoms with van der Waals surface area (Å²) in [7, 11) is 0. The lowest BCUT2D eigenvalue weighted by atomic mass is 9.97. The smallest absolute Gasteiger partial charge is 0.225 e. The van der Waals surface area contributed by atoms with Crippen LogP contribution in [0.1, 0.15) is 6.42 Å². The first kappa shape index (κ1) is 14.7. The van der Waals surface area contributed by atoms with Crippen molar-refractivity contribution in [2.24, 2.45) is 0 Å². The molecule has 3 rings (SSSR count). The van der Waals surface area contributed by atoms with Crippen LogP contribution in [0.25, 0.3) is 0 Å². The first-order chi connectivity index (χ1) is 11.2. The first-order valence-corrected chi connectivity index (χ1v) is 6.98. The molecule has 5 nitrogen and oxygen atoms in total. The number of nitriles is 1. The van der Waals surface area contributed by atoms with E-state index in [1.165, 1.54) is 12.1 Å². The second-order valence-corrected chi connectivity index (χ2v) is 4.96. The molecule has 1 N–H and O–H groups in total. The summed E-state index contributed by atoms with van der Waals surface area (Å²) in [5.41, 5.74) is -0.629. The van der Waals surface area contributed by atoms with Crippen molar-refractivity contribution in [3.63, 3.8) is 0 Å². The van der Waals surface area contributed by atoms with Crippen molar-refractivity contribution < 1.29 is 9.13 Å². The predicted molar refractivity (Wildman–Crippen MR) is 82.9 cm³/mol. The molecule has 1 unspecified atom stereocenters. The van der Waals surface area contributed by atoms with Gasteiger partial charge in [0.1, 0.15) is 0 Å². The minimum Gasteiger partial charge on any atom is -0.461 e. The van der Waals surface area contributed by atoms with E-state index in [1.807, 2.05) is 0 Å². The predicted octanol–water partition coefficient (Wildman–Crippen LogP) is 3.21. The van der Waals surface area contributed by atoms with Crippen LogP contribution >= 0.6 is 0 Å². The zero-order chi connectivity index (χ0) is 16.1. The summed E-state index contributed by atoms with van der Waals surface area (Å²) in [4.78, 5) is 8.20. The molecule has 0 fully saturated rings. The fourth-order valence-corrected chi connectivity index (χ4v) is 2.26. The van der Waals surface area contributed by atoms with Crippen molar-refractivity contribution in [1.82, 2.24) is 9.97 Å². The van der Waals surface area contributed by atoms with E-state index in [0.29, 0.717) is 11.5 Å². The molecule has 23 heavy (non-hydrogen) atoms. The molecule has 1 atom stereocenters. The SMILES string of the molecule is N#CC1=CC=CC(Nc2ncccn2)(Oc2ccccc2F)C1. The number of allylic oxidation sites excluding steroid dienone is 2. The topological polar surface area (TPSA) is 70.8 Å². The van der Waals surface area contributed by atoms with Crippen LogP contribution in [0.2, 0.25) is 0 Å². The molecule has 6 heteroatoms. The van der Waals surface area contributed by atoms with Crippen LogP contribution in [0, 0.1) is 17.1 Å². The summed E-state index contributed by atoms with van der Waals surface area (Å²) >= 11 is 0. The summed E-state index contributed by atoms with van der Waals surface area (Å²) in [6.45, 7) is 0. The van der Waals surface area contributed by atoms with Gasteiger partial charge in [-0.2, -0.15) is 5.26 Å². The zero-order valence-corrected chi connectivity index (χ0v) is 12.1. The van der Waals surface area contributed by atoms with E-state index in [2.05, 4.69) is 21.4 Å². The van der Waals surface area contributed by atoms with Crippen LogP contribution in [0.3, 0.4) is 0 Å². The Morgan fingerprint density at radius 3 is 2.74 bits per heavy atom. The molecule has 1 aromatic heterocycles. The number of hydrogen-bond donors (Lipinski definition) is 1. The Morgan fingerprint density at radius 1 is 1.22 bits per heavy atom. The molecule has 0 aliphatic heterocycles. The van der Waals surface area contributed by atoms with Crippen molar-refractivity contribution in [3.05, 3.63) is 72.3 Å². The second kappa shape index (κ2) is 6.28. The van der Waals surface area contributed by atoms with Gasteiger partial charge in [0, 0.05) is 24.4 Å². The lowest BCUT2D eigenvalue weighted by molar-refractivity contribution is 0.142. The Bertz CT molecular complexity index is 798. The van der Waals surface area contributed by atoms with Gasteiger partial charge in [0.25, 0.3) is 0 Å². The second-order valence-electron chi connectivity index (χ2n) is 4.96. The van der Waals surface area contributed by atoms with Gasteiger partial charge in [0.2, 0.25) is 11.7 Å². The van der Waals surface area contributed by atoms with Crippen molar-refractivity contribution >= 4 is 5.95 Å². The molecule has 0 amide bonds. The van der Waals surface area contributed by atoms with Gasteiger partial charge in [-0.1, -0.05) is 18.2 Å². The summed E-state index contributed by atoms with van der Waals surface area (Å²) in [6.07, 6.45) is 8.50. The molecule has 0 saturated carbocycles. The third-order valence-corrected chi connectivity index (χ3v) is 3.28. The summed E-state index contributed by atoms with van der Waals surface area (Å²) < 4.78 is 19.8. The fraction of sp³-hybridized carbons (Fsp3) is 0.118. The molecule has 2 aromatic rings. The molecule has 1 heterocycles. The molecule has 0 radical (unpaired) electrons. The quantitative estimate of drug-likeness (QED) is 0.878. The number of rotatable bonds is 4. The fourth-order valence-electron chi connectivity index (χ4n) is 2.26. The molecule has 0 bridgehead atoms. The van der Waals surface area contributed by atoms with Crippen LogP contribution in [0.15, 0.2) is 66.5 Å². The number of ether oxygens (including phenoxy) is 1. The Kier molecular flexibility index (Phi) is 4.02. The standard InChI is InChI=1S/C17H13FN4O/c18-14-6-1-2-7-15(14)23-17(8-3-5-13(11-17)12-19)22-16-20-9-4-10-21-16/h1-10H,11H2,(H,20,21,22). The lowest BCUT2D eigenvalue weighted by Gasteiger charge is -2.33. The van der Waals surface area contributed by atoms with E-state index in [0.717, 1.165) is 0 Å². The summed E-state index contributed by atoms with van der Waals surface area (Å²) in [6, 6.07) is 9.90. The lowest BCUT2D eigenvalue weighted by Crippen LogP contribution is -2.44. The number of anilines is 1.